The summed E-state index contributed by atoms with van der Waals surface area (Å²) < 4.78 is 0. The zero-order valence-electron chi connectivity index (χ0n) is 19.7. The van der Waals surface area contributed by atoms with Gasteiger partial charge < -0.3 is 10.1 Å². The highest BCUT2D eigenvalue weighted by Gasteiger charge is 2.63. The molecule has 3 fully saturated rings. The Kier molecular flexibility index (Phi) is 4.71. The first-order valence-electron chi connectivity index (χ1n) is 12.4. The van der Waals surface area contributed by atoms with Crippen molar-refractivity contribution in [3.8, 4) is 0 Å². The van der Waals surface area contributed by atoms with Crippen LogP contribution in [0.4, 0.5) is 0 Å². The van der Waals surface area contributed by atoms with E-state index in [1.54, 1.807) is 0 Å². The minimum absolute atomic E-state index is 0.105. The Morgan fingerprint density at radius 3 is 2.47 bits per heavy atom. The maximum absolute atomic E-state index is 10.7. The van der Waals surface area contributed by atoms with Gasteiger partial charge in [-0.1, -0.05) is 52.8 Å². The SMILES string of the molecule is C[C@@H]1CC[C@@]2(C)[C@@H]3CC[C@H](O)[C@H](C)[C@@]3(C)CC[C@@H]2[C@@]1(C)Cc1c[nH]c2ccccc12. The molecule has 1 heterocycles. The van der Waals surface area contributed by atoms with E-state index in [0.717, 1.165) is 24.2 Å². The lowest BCUT2D eigenvalue weighted by Gasteiger charge is -2.67. The molecule has 3 aliphatic rings. The molecular weight excluding hydrogens is 366 g/mol. The van der Waals surface area contributed by atoms with E-state index in [4.69, 9.17) is 0 Å². The summed E-state index contributed by atoms with van der Waals surface area (Å²) in [5.74, 6) is 2.69. The summed E-state index contributed by atoms with van der Waals surface area (Å²) in [7, 11) is 0. The Morgan fingerprint density at radius 2 is 1.67 bits per heavy atom. The molecule has 1 aromatic carbocycles. The van der Waals surface area contributed by atoms with E-state index in [0.29, 0.717) is 22.2 Å². The van der Waals surface area contributed by atoms with Crippen LogP contribution in [0.1, 0.15) is 78.7 Å². The monoisotopic (exact) mass is 407 g/mol. The van der Waals surface area contributed by atoms with Gasteiger partial charge in [0.05, 0.1) is 6.10 Å². The van der Waals surface area contributed by atoms with Crippen molar-refractivity contribution in [3.63, 3.8) is 0 Å². The summed E-state index contributed by atoms with van der Waals surface area (Å²) in [6.07, 6.45) is 10.9. The number of benzene rings is 1. The van der Waals surface area contributed by atoms with Crippen LogP contribution >= 0.6 is 0 Å². The fraction of sp³-hybridized carbons (Fsp3) is 0.714. The van der Waals surface area contributed by atoms with Gasteiger partial charge >= 0.3 is 0 Å². The molecule has 0 aliphatic heterocycles. The molecule has 0 radical (unpaired) electrons. The molecule has 0 spiro atoms. The van der Waals surface area contributed by atoms with Gasteiger partial charge in [0.2, 0.25) is 0 Å². The van der Waals surface area contributed by atoms with Crippen LogP contribution in [-0.2, 0) is 6.42 Å². The number of H-pyrrole nitrogens is 1. The summed E-state index contributed by atoms with van der Waals surface area (Å²) in [5.41, 5.74) is 3.80. The second kappa shape index (κ2) is 6.86. The largest absolute Gasteiger partial charge is 0.393 e. The molecule has 164 valence electrons. The van der Waals surface area contributed by atoms with Crippen LogP contribution in [0.2, 0.25) is 0 Å². The van der Waals surface area contributed by atoms with Crippen LogP contribution < -0.4 is 0 Å². The number of rotatable bonds is 2. The second-order valence-corrected chi connectivity index (χ2v) is 12.1. The molecule has 0 amide bonds. The summed E-state index contributed by atoms with van der Waals surface area (Å²) in [6.45, 7) is 12.6. The van der Waals surface area contributed by atoms with Crippen molar-refractivity contribution in [2.24, 2.45) is 39.9 Å². The topological polar surface area (TPSA) is 36.0 Å². The third-order valence-electron chi connectivity index (χ3n) is 11.0. The Labute approximate surface area is 182 Å². The molecule has 1 aromatic heterocycles. The van der Waals surface area contributed by atoms with Gasteiger partial charge in [-0.15, -0.1) is 0 Å². The van der Waals surface area contributed by atoms with E-state index >= 15 is 0 Å². The van der Waals surface area contributed by atoms with Crippen molar-refractivity contribution in [3.05, 3.63) is 36.0 Å². The van der Waals surface area contributed by atoms with E-state index in [1.807, 2.05) is 0 Å². The first-order valence-corrected chi connectivity index (χ1v) is 12.4. The summed E-state index contributed by atoms with van der Waals surface area (Å²) in [4.78, 5) is 3.53. The lowest BCUT2D eigenvalue weighted by Crippen LogP contribution is -2.61. The molecule has 0 unspecified atom stereocenters. The number of aliphatic hydroxyl groups excluding tert-OH is 1. The Bertz CT molecular complexity index is 932. The van der Waals surface area contributed by atoms with Gasteiger partial charge in [0.1, 0.15) is 0 Å². The molecule has 2 nitrogen and oxygen atoms in total. The number of nitrogens with one attached hydrogen (secondary N) is 1. The van der Waals surface area contributed by atoms with Crippen molar-refractivity contribution >= 4 is 10.9 Å². The van der Waals surface area contributed by atoms with E-state index in [9.17, 15) is 5.11 Å². The minimum Gasteiger partial charge on any atom is -0.393 e. The average molecular weight is 408 g/mol. The number of aromatic nitrogens is 1. The predicted molar refractivity (Wildman–Crippen MR) is 125 cm³/mol. The van der Waals surface area contributed by atoms with Crippen LogP contribution in [0.3, 0.4) is 0 Å². The average Bonchev–Trinajstić information content (AvgIpc) is 3.12. The maximum Gasteiger partial charge on any atom is 0.0571 e. The normalized spacial score (nSPS) is 46.4. The van der Waals surface area contributed by atoms with Gasteiger partial charge in [-0.25, -0.2) is 0 Å². The van der Waals surface area contributed by atoms with Gasteiger partial charge in [0.15, 0.2) is 0 Å². The quantitative estimate of drug-likeness (QED) is 0.553. The first-order chi connectivity index (χ1) is 14.2. The third-order valence-corrected chi connectivity index (χ3v) is 11.0. The molecule has 2 heteroatoms. The Hall–Kier alpha value is -1.28. The molecule has 2 N–H and O–H groups in total. The number of hydrogen-bond acceptors (Lipinski definition) is 1. The van der Waals surface area contributed by atoms with Crippen molar-refractivity contribution < 1.29 is 5.11 Å². The number of aromatic amines is 1. The smallest absolute Gasteiger partial charge is 0.0571 e. The van der Waals surface area contributed by atoms with Crippen LogP contribution in [0.15, 0.2) is 30.5 Å². The summed E-state index contributed by atoms with van der Waals surface area (Å²) in [5, 5.41) is 12.1. The highest BCUT2D eigenvalue weighted by Crippen LogP contribution is 2.69. The van der Waals surface area contributed by atoms with Gasteiger partial charge in [0.25, 0.3) is 0 Å². The maximum atomic E-state index is 10.7. The number of para-hydroxylation sites is 1. The fourth-order valence-corrected chi connectivity index (χ4v) is 8.80. The number of aliphatic hydroxyl groups is 1. The molecule has 5 rings (SSSR count). The number of fused-ring (bicyclic) bond motifs is 4. The van der Waals surface area contributed by atoms with E-state index in [-0.39, 0.29) is 6.10 Å². The predicted octanol–water partition coefficient (Wildman–Crippen LogP) is 6.98. The van der Waals surface area contributed by atoms with Crippen molar-refractivity contribution in [2.75, 3.05) is 0 Å². The lowest BCUT2D eigenvalue weighted by atomic mass is 9.37. The van der Waals surface area contributed by atoms with Crippen molar-refractivity contribution in [2.45, 2.75) is 85.7 Å². The fourth-order valence-electron chi connectivity index (χ4n) is 8.80. The van der Waals surface area contributed by atoms with Gasteiger partial charge in [-0.3, -0.25) is 0 Å². The zero-order chi connectivity index (χ0) is 21.3. The molecule has 3 saturated carbocycles. The molecule has 30 heavy (non-hydrogen) atoms. The third kappa shape index (κ3) is 2.71. The van der Waals surface area contributed by atoms with Crippen LogP contribution in [-0.4, -0.2) is 16.2 Å². The molecule has 0 saturated heterocycles. The van der Waals surface area contributed by atoms with Crippen molar-refractivity contribution in [1.82, 2.24) is 4.98 Å². The highest BCUT2D eigenvalue weighted by atomic mass is 16.3. The number of hydrogen-bond donors (Lipinski definition) is 2. The standard InChI is InChI=1S/C28H41NO/c1-18-12-14-27(4)24-11-10-23(30)19(2)26(24,3)15-13-25(27)28(18,5)16-20-17-29-22-9-7-6-8-21(20)22/h6-9,17-19,23-25,29-30H,10-16H2,1-5H3/t18-,19+,23+,24-,25+,26-,27+,28+/m1/s1. The van der Waals surface area contributed by atoms with Crippen LogP contribution in [0.5, 0.6) is 0 Å². The summed E-state index contributed by atoms with van der Waals surface area (Å²) in [6, 6.07) is 8.80. The van der Waals surface area contributed by atoms with Gasteiger partial charge in [-0.05, 0) is 96.5 Å². The molecular formula is C28H41NO. The van der Waals surface area contributed by atoms with Crippen LogP contribution in [0, 0.1) is 39.9 Å². The highest BCUT2D eigenvalue weighted by molar-refractivity contribution is 5.83. The van der Waals surface area contributed by atoms with Gasteiger partial charge in [0, 0.05) is 17.1 Å². The van der Waals surface area contributed by atoms with E-state index < -0.39 is 0 Å². The minimum atomic E-state index is -0.105. The molecule has 0 bridgehead atoms. The van der Waals surface area contributed by atoms with Gasteiger partial charge in [-0.2, -0.15) is 0 Å². The van der Waals surface area contributed by atoms with E-state index in [1.165, 1.54) is 55.0 Å². The Balaban J connectivity index is 1.53. The molecule has 2 aromatic rings. The molecule has 3 aliphatic carbocycles. The summed E-state index contributed by atoms with van der Waals surface area (Å²) >= 11 is 0. The zero-order valence-corrected chi connectivity index (χ0v) is 19.7. The molecule has 8 atom stereocenters. The van der Waals surface area contributed by atoms with Crippen molar-refractivity contribution in [1.29, 1.82) is 0 Å². The van der Waals surface area contributed by atoms with Crippen LogP contribution in [0.25, 0.3) is 10.9 Å². The lowest BCUT2D eigenvalue weighted by molar-refractivity contribution is -0.195. The Morgan fingerprint density at radius 1 is 0.933 bits per heavy atom. The second-order valence-electron chi connectivity index (χ2n) is 12.1. The van der Waals surface area contributed by atoms with E-state index in [2.05, 4.69) is 70.1 Å². The first kappa shape index (κ1) is 20.6.